The normalized spacial score (nSPS) is 20.4. The molecule has 45 heavy (non-hydrogen) atoms. The van der Waals surface area contributed by atoms with E-state index in [1.807, 2.05) is 26.8 Å². The van der Waals surface area contributed by atoms with Crippen LogP contribution in [0.25, 0.3) is 16.2 Å². The number of azo groups is 1. The van der Waals surface area contributed by atoms with Gasteiger partial charge in [0.25, 0.3) is 5.69 Å². The van der Waals surface area contributed by atoms with Crippen molar-refractivity contribution in [3.8, 4) is 11.8 Å². The zero-order valence-corrected chi connectivity index (χ0v) is 27.6. The van der Waals surface area contributed by atoms with Gasteiger partial charge < -0.3 is 4.74 Å². The number of hydrogen-bond donors (Lipinski definition) is 0. The van der Waals surface area contributed by atoms with E-state index in [4.69, 9.17) is 34.5 Å². The van der Waals surface area contributed by atoms with Crippen LogP contribution in [0.2, 0.25) is 10.0 Å². The number of aryl methyl sites for hydroxylation is 2. The van der Waals surface area contributed by atoms with Gasteiger partial charge in [0.1, 0.15) is 34.8 Å². The third kappa shape index (κ3) is 5.81. The molecule has 3 aromatic heterocycles. The van der Waals surface area contributed by atoms with Crippen LogP contribution < -0.4 is 0 Å². The Morgan fingerprint density at radius 3 is 2.31 bits per heavy atom. The Balaban J connectivity index is 1.66. The number of rotatable bonds is 6. The molecule has 13 nitrogen and oxygen atoms in total. The van der Waals surface area contributed by atoms with Crippen molar-refractivity contribution in [1.29, 1.82) is 5.26 Å². The average Bonchev–Trinajstić information content (AvgIpc) is 3.57. The second kappa shape index (κ2) is 11.9. The van der Waals surface area contributed by atoms with Crippen LogP contribution in [0.3, 0.4) is 0 Å². The Kier molecular flexibility index (Phi) is 8.53. The number of esters is 1. The Bertz CT molecular complexity index is 2050. The number of ether oxygens (including phenoxy) is 1. The first-order chi connectivity index (χ1) is 21.2. The monoisotopic (exact) mass is 669 g/mol. The fourth-order valence-electron chi connectivity index (χ4n) is 6.17. The Labute approximate surface area is 269 Å². The maximum Gasteiger partial charge on any atom is 0.331 e. The molecule has 1 saturated carbocycles. The van der Waals surface area contributed by atoms with Crippen LogP contribution >= 0.6 is 23.2 Å². The van der Waals surface area contributed by atoms with Crippen LogP contribution in [0.4, 0.5) is 17.3 Å². The third-order valence-electron chi connectivity index (χ3n) is 7.81. The molecule has 0 amide bonds. The molecule has 2 unspecified atom stereocenters. The molecule has 4 aromatic rings. The molecule has 3 heterocycles. The van der Waals surface area contributed by atoms with Crippen LogP contribution in [0.5, 0.6) is 0 Å². The number of carbonyl (C=O) groups is 1. The lowest BCUT2D eigenvalue weighted by molar-refractivity contribution is -0.0249. The van der Waals surface area contributed by atoms with Crippen molar-refractivity contribution in [2.45, 2.75) is 53.6 Å². The Morgan fingerprint density at radius 2 is 1.76 bits per heavy atom. The molecule has 1 aromatic carbocycles. The summed E-state index contributed by atoms with van der Waals surface area (Å²) in [6, 6.07) is 5.36. The summed E-state index contributed by atoms with van der Waals surface area (Å²) in [6.45, 7) is 17.4. The second-order valence-electron chi connectivity index (χ2n) is 11.6. The molecule has 0 spiro atoms. The fraction of sp³-hybridized carbons (Fsp3) is 0.414. The highest BCUT2D eigenvalue weighted by molar-refractivity contribution is 7.89. The molecule has 0 saturated heterocycles. The molecule has 16 heteroatoms. The van der Waals surface area contributed by atoms with E-state index >= 15 is 0 Å². The smallest absolute Gasteiger partial charge is 0.331 e. The Morgan fingerprint density at radius 1 is 1.13 bits per heavy atom. The lowest BCUT2D eigenvalue weighted by Crippen LogP contribution is -2.37. The number of fused-ring (bicyclic) bond motifs is 1. The number of hydrogen-bond acceptors (Lipinski definition) is 9. The second-order valence-corrected chi connectivity index (χ2v) is 14.2. The molecule has 1 aliphatic carbocycles. The predicted molar refractivity (Wildman–Crippen MR) is 168 cm³/mol. The number of nitriles is 1. The molecular formula is C29H29Cl2N9O4S. The molecule has 0 radical (unpaired) electrons. The van der Waals surface area contributed by atoms with Gasteiger partial charge in [-0.05, 0) is 62.1 Å². The van der Waals surface area contributed by atoms with E-state index in [2.05, 4.69) is 32.2 Å². The van der Waals surface area contributed by atoms with Gasteiger partial charge in [-0.25, -0.2) is 31.2 Å². The maximum absolute atomic E-state index is 13.8. The summed E-state index contributed by atoms with van der Waals surface area (Å²) in [6.07, 6.45) is 3.61. The molecule has 2 atom stereocenters. The van der Waals surface area contributed by atoms with Gasteiger partial charge in [0.2, 0.25) is 15.8 Å². The molecule has 0 aliphatic heterocycles. The lowest BCUT2D eigenvalue weighted by atomic mass is 9.75. The summed E-state index contributed by atoms with van der Waals surface area (Å²) in [5, 5.41) is 27.3. The summed E-state index contributed by atoms with van der Waals surface area (Å²) in [4.78, 5) is 17.4. The van der Waals surface area contributed by atoms with E-state index in [1.165, 1.54) is 17.8 Å². The van der Waals surface area contributed by atoms with Gasteiger partial charge >= 0.3 is 5.97 Å². The molecular weight excluding hydrogens is 641 g/mol. The van der Waals surface area contributed by atoms with Crippen molar-refractivity contribution >= 4 is 62.2 Å². The first-order valence-electron chi connectivity index (χ1n) is 14.0. The lowest BCUT2D eigenvalue weighted by Gasteiger charge is -2.37. The molecule has 1 aliphatic rings. The van der Waals surface area contributed by atoms with Gasteiger partial charge in [0, 0.05) is 0 Å². The van der Waals surface area contributed by atoms with Gasteiger partial charge in [0.05, 0.1) is 29.1 Å². The number of carbonyl (C=O) groups excluding carboxylic acids is 1. The zero-order chi connectivity index (χ0) is 33.0. The molecule has 5 rings (SSSR count). The van der Waals surface area contributed by atoms with Crippen LogP contribution in [0.15, 0.2) is 28.6 Å². The van der Waals surface area contributed by atoms with Gasteiger partial charge in [-0.1, -0.05) is 44.0 Å². The van der Waals surface area contributed by atoms with E-state index in [0.29, 0.717) is 21.7 Å². The van der Waals surface area contributed by atoms with Crippen molar-refractivity contribution in [2.75, 3.05) is 6.26 Å². The van der Waals surface area contributed by atoms with Crippen molar-refractivity contribution in [2.24, 2.45) is 28.0 Å². The first-order valence-corrected chi connectivity index (χ1v) is 16.6. The maximum atomic E-state index is 13.8. The van der Waals surface area contributed by atoms with E-state index < -0.39 is 22.1 Å². The fourth-order valence-corrected chi connectivity index (χ4v) is 7.94. The number of benzene rings is 1. The minimum atomic E-state index is -4.00. The largest absolute Gasteiger partial charge is 0.459 e. The number of nitrogens with zero attached hydrogens (tertiary/aromatic N) is 9. The van der Waals surface area contributed by atoms with E-state index in [-0.39, 0.29) is 51.8 Å². The van der Waals surface area contributed by atoms with E-state index in [9.17, 15) is 18.5 Å². The summed E-state index contributed by atoms with van der Waals surface area (Å²) >= 11 is 12.8. The number of aromatic nitrogens is 5. The van der Waals surface area contributed by atoms with Gasteiger partial charge in [-0.3, -0.25) is 0 Å². The third-order valence-corrected chi connectivity index (χ3v) is 9.49. The molecule has 1 fully saturated rings. The highest BCUT2D eigenvalue weighted by atomic mass is 35.5. The van der Waals surface area contributed by atoms with Crippen LogP contribution in [-0.2, 0) is 14.8 Å². The minimum Gasteiger partial charge on any atom is -0.459 e. The van der Waals surface area contributed by atoms with Gasteiger partial charge in [-0.15, -0.1) is 15.3 Å². The van der Waals surface area contributed by atoms with Crippen molar-refractivity contribution < 1.29 is 17.9 Å². The van der Waals surface area contributed by atoms with Gasteiger partial charge in [-0.2, -0.15) is 10.4 Å². The molecule has 0 N–H and O–H groups in total. The Hall–Kier alpha value is -4.24. The highest BCUT2D eigenvalue weighted by Crippen LogP contribution is 2.42. The quantitative estimate of drug-likeness (QED) is 0.120. The number of halogens is 2. The van der Waals surface area contributed by atoms with Crippen molar-refractivity contribution in [1.82, 2.24) is 23.4 Å². The summed E-state index contributed by atoms with van der Waals surface area (Å²) in [5.41, 5.74) is 0.347. The average molecular weight is 671 g/mol. The predicted octanol–water partition coefficient (Wildman–Crippen LogP) is 7.12. The summed E-state index contributed by atoms with van der Waals surface area (Å²) in [7, 11) is -4.00. The van der Waals surface area contributed by atoms with Crippen molar-refractivity contribution in [3.63, 3.8) is 0 Å². The highest BCUT2D eigenvalue weighted by Gasteiger charge is 2.38. The molecule has 234 valence electrons. The van der Waals surface area contributed by atoms with E-state index in [0.717, 1.165) is 33.1 Å². The summed E-state index contributed by atoms with van der Waals surface area (Å²) < 4.78 is 35.0. The SMILES string of the molecule is [C-]#[N+]c1c(C(=O)OC2C(C)CC(C)CC2C)c2n(S(C)(=O)=O)c(C)nn2c1N=Nc1nn(-c2c(Cl)cc(C)cc2Cl)cc1C#N. The van der Waals surface area contributed by atoms with Crippen molar-refractivity contribution in [3.05, 3.63) is 62.3 Å². The van der Waals surface area contributed by atoms with Crippen LogP contribution in [-0.4, -0.2) is 50.1 Å². The minimum absolute atomic E-state index is 0.00982. The van der Waals surface area contributed by atoms with Crippen LogP contribution in [0.1, 0.15) is 60.9 Å². The van der Waals surface area contributed by atoms with Gasteiger partial charge in [0.15, 0.2) is 11.5 Å². The summed E-state index contributed by atoms with van der Waals surface area (Å²) in [5.74, 6) is -0.650. The van der Waals surface area contributed by atoms with E-state index in [1.54, 1.807) is 12.1 Å². The molecule has 0 bridgehead atoms. The first kappa shape index (κ1) is 32.2. The zero-order valence-electron chi connectivity index (χ0n) is 25.3. The topological polar surface area (TPSA) is 153 Å². The standard InChI is InChI=1S/C29H29Cl2N9O4S/c1-14-8-16(3)25(17(4)9-14)44-29(41)22-23(33-6)27(39-28(22)40(18(5)36-39)45(7,42)43)35-34-26-19(12-32)13-38(37-26)24-20(30)10-15(2)11-21(24)31/h10-11,13-14,16-17,25H,8-9H2,1-5,7H3. The van der Waals surface area contributed by atoms with Crippen LogP contribution in [0, 0.1) is 49.5 Å².